The summed E-state index contributed by atoms with van der Waals surface area (Å²) in [6, 6.07) is 11.4. The van der Waals surface area contributed by atoms with Crippen LogP contribution in [-0.2, 0) is 18.5 Å². The van der Waals surface area contributed by atoms with E-state index in [2.05, 4.69) is 65.7 Å². The van der Waals surface area contributed by atoms with E-state index >= 15 is 0 Å². The van der Waals surface area contributed by atoms with Crippen LogP contribution in [0.25, 0.3) is 10.9 Å². The van der Waals surface area contributed by atoms with Crippen molar-refractivity contribution in [3.63, 3.8) is 0 Å². The molecule has 5 rings (SSSR count). The van der Waals surface area contributed by atoms with Crippen molar-refractivity contribution in [2.24, 2.45) is 0 Å². The number of nitrogens with zero attached hydrogens (tertiary/aromatic N) is 3. The second-order valence-corrected chi connectivity index (χ2v) is 8.36. The molecule has 25 heavy (non-hydrogen) atoms. The van der Waals surface area contributed by atoms with E-state index in [-0.39, 0.29) is 5.41 Å². The van der Waals surface area contributed by atoms with Crippen LogP contribution in [0.5, 0.6) is 0 Å². The average Bonchev–Trinajstić information content (AvgIpc) is 2.89. The molecule has 0 spiro atoms. The first-order valence-electron chi connectivity index (χ1n) is 9.26. The van der Waals surface area contributed by atoms with Gasteiger partial charge in [0.2, 0.25) is 0 Å². The van der Waals surface area contributed by atoms with Gasteiger partial charge in [-0.05, 0) is 55.8 Å². The molecular formula is C22H25N3. The fourth-order valence-corrected chi connectivity index (χ4v) is 5.24. The van der Waals surface area contributed by atoms with Crippen LogP contribution in [0.1, 0.15) is 41.6 Å². The maximum absolute atomic E-state index is 4.23. The molecule has 0 fully saturated rings. The molecule has 0 saturated carbocycles. The summed E-state index contributed by atoms with van der Waals surface area (Å²) in [7, 11) is 2.26. The minimum Gasteiger partial charge on any atom is -0.343 e. The van der Waals surface area contributed by atoms with Gasteiger partial charge in [0, 0.05) is 60.0 Å². The van der Waals surface area contributed by atoms with Crippen molar-refractivity contribution in [3.8, 4) is 0 Å². The van der Waals surface area contributed by atoms with Crippen LogP contribution in [0.3, 0.4) is 0 Å². The molecule has 2 aromatic heterocycles. The number of fused-ring (bicyclic) bond motifs is 3. The Labute approximate surface area is 149 Å². The van der Waals surface area contributed by atoms with Crippen LogP contribution >= 0.6 is 0 Å². The highest BCUT2D eigenvalue weighted by atomic mass is 15.1. The smallest absolute Gasteiger partial charge is 0.0486 e. The number of pyridine rings is 1. The van der Waals surface area contributed by atoms with Gasteiger partial charge in [-0.1, -0.05) is 18.6 Å². The number of hydrogen-bond acceptors (Lipinski definition) is 2. The fraction of sp³-hybridized carbons (Fsp3) is 0.409. The van der Waals surface area contributed by atoms with Crippen molar-refractivity contribution in [1.29, 1.82) is 0 Å². The zero-order chi connectivity index (χ0) is 17.2. The predicted molar refractivity (Wildman–Crippen MR) is 102 cm³/mol. The summed E-state index contributed by atoms with van der Waals surface area (Å²) in [5, 5.41) is 1.46. The second-order valence-electron chi connectivity index (χ2n) is 8.36. The minimum atomic E-state index is 0.160. The van der Waals surface area contributed by atoms with E-state index in [9.17, 15) is 0 Å². The van der Waals surface area contributed by atoms with Gasteiger partial charge in [0.25, 0.3) is 0 Å². The first-order valence-corrected chi connectivity index (χ1v) is 9.26. The Balaban J connectivity index is 1.75. The Bertz CT molecular complexity index is 956. The Kier molecular flexibility index (Phi) is 3.14. The zero-order valence-electron chi connectivity index (χ0n) is 15.3. The Hall–Kier alpha value is -2.13. The molecule has 0 bridgehead atoms. The Morgan fingerprint density at radius 1 is 1.16 bits per heavy atom. The maximum Gasteiger partial charge on any atom is 0.0486 e. The van der Waals surface area contributed by atoms with Gasteiger partial charge in [0.15, 0.2) is 0 Å². The number of aryl methyl sites for hydroxylation is 1. The van der Waals surface area contributed by atoms with Crippen molar-refractivity contribution in [2.45, 2.75) is 44.7 Å². The second kappa shape index (κ2) is 5.18. The summed E-state index contributed by atoms with van der Waals surface area (Å²) in [4.78, 5) is 6.72. The molecule has 4 heterocycles. The minimum absolute atomic E-state index is 0.160. The lowest BCUT2D eigenvalue weighted by molar-refractivity contribution is 0.209. The number of benzene rings is 1. The number of likely N-dealkylation sites (N-methyl/N-ethyl adjacent to an activating group) is 1. The van der Waals surface area contributed by atoms with E-state index in [0.29, 0.717) is 5.92 Å². The molecule has 0 N–H and O–H groups in total. The summed E-state index contributed by atoms with van der Waals surface area (Å²) in [5.41, 5.74) is 7.51. The molecule has 2 atom stereocenters. The van der Waals surface area contributed by atoms with E-state index in [1.807, 2.05) is 12.4 Å². The highest BCUT2D eigenvalue weighted by Gasteiger charge is 2.41. The molecule has 0 amide bonds. The van der Waals surface area contributed by atoms with Crippen LogP contribution < -0.4 is 0 Å². The van der Waals surface area contributed by atoms with Gasteiger partial charge < -0.3 is 9.47 Å². The van der Waals surface area contributed by atoms with Crippen LogP contribution in [0, 0.1) is 6.92 Å². The third kappa shape index (κ3) is 2.18. The van der Waals surface area contributed by atoms with Gasteiger partial charge in [-0.3, -0.25) is 4.98 Å². The molecule has 1 aromatic carbocycles. The normalized spacial score (nSPS) is 26.0. The van der Waals surface area contributed by atoms with Crippen LogP contribution in [0.15, 0.2) is 42.7 Å². The Morgan fingerprint density at radius 2 is 1.96 bits per heavy atom. The summed E-state index contributed by atoms with van der Waals surface area (Å²) in [5.74, 6) is 0.605. The van der Waals surface area contributed by atoms with E-state index in [0.717, 1.165) is 19.6 Å². The topological polar surface area (TPSA) is 21.1 Å². The summed E-state index contributed by atoms with van der Waals surface area (Å²) in [6.07, 6.45) is 5.08. The summed E-state index contributed by atoms with van der Waals surface area (Å²) in [6.45, 7) is 7.92. The SMILES string of the molecule is Cc1ccc2c(c1)c1c3n2CC(C)(c2ccncc2)CC3CN(C)C1. The summed E-state index contributed by atoms with van der Waals surface area (Å²) >= 11 is 0. The fourth-order valence-electron chi connectivity index (χ4n) is 5.24. The summed E-state index contributed by atoms with van der Waals surface area (Å²) < 4.78 is 2.63. The third-order valence-electron chi connectivity index (χ3n) is 6.30. The molecule has 0 saturated heterocycles. The highest BCUT2D eigenvalue weighted by molar-refractivity contribution is 5.87. The quantitative estimate of drug-likeness (QED) is 0.665. The van der Waals surface area contributed by atoms with E-state index in [4.69, 9.17) is 0 Å². The van der Waals surface area contributed by atoms with Crippen molar-refractivity contribution in [2.75, 3.05) is 13.6 Å². The first kappa shape index (κ1) is 15.2. The number of hydrogen-bond donors (Lipinski definition) is 0. The van der Waals surface area contributed by atoms with Crippen molar-refractivity contribution in [3.05, 3.63) is 65.1 Å². The monoisotopic (exact) mass is 331 g/mol. The van der Waals surface area contributed by atoms with E-state index in [1.54, 1.807) is 11.3 Å². The zero-order valence-corrected chi connectivity index (χ0v) is 15.3. The molecule has 3 nitrogen and oxygen atoms in total. The molecule has 3 heteroatoms. The van der Waals surface area contributed by atoms with E-state index < -0.39 is 0 Å². The number of aromatic nitrogens is 2. The highest BCUT2D eigenvalue weighted by Crippen LogP contribution is 2.47. The average molecular weight is 331 g/mol. The van der Waals surface area contributed by atoms with Crippen molar-refractivity contribution in [1.82, 2.24) is 14.5 Å². The molecule has 2 aliphatic heterocycles. The Morgan fingerprint density at radius 3 is 2.76 bits per heavy atom. The van der Waals surface area contributed by atoms with Crippen molar-refractivity contribution < 1.29 is 0 Å². The van der Waals surface area contributed by atoms with Gasteiger partial charge in [0.1, 0.15) is 0 Å². The van der Waals surface area contributed by atoms with Crippen LogP contribution in [0.4, 0.5) is 0 Å². The predicted octanol–water partition coefficient (Wildman–Crippen LogP) is 4.24. The molecule has 3 aromatic rings. The molecular weight excluding hydrogens is 306 g/mol. The van der Waals surface area contributed by atoms with Gasteiger partial charge in [0.05, 0.1) is 0 Å². The molecule has 0 aliphatic carbocycles. The lowest BCUT2D eigenvalue weighted by Crippen LogP contribution is -2.42. The lowest BCUT2D eigenvalue weighted by atomic mass is 9.71. The lowest BCUT2D eigenvalue weighted by Gasteiger charge is -2.44. The van der Waals surface area contributed by atoms with Gasteiger partial charge in [-0.25, -0.2) is 0 Å². The number of rotatable bonds is 1. The standard InChI is InChI=1S/C22H25N3/c1-15-4-5-20-18(10-15)19-13-24(3)12-16-11-22(2,14-25(20)21(16)19)17-6-8-23-9-7-17/h4-10,16H,11-14H2,1-3H3. The largest absolute Gasteiger partial charge is 0.343 e. The van der Waals surface area contributed by atoms with E-state index in [1.165, 1.54) is 28.5 Å². The molecule has 128 valence electrons. The van der Waals surface area contributed by atoms with Crippen LogP contribution in [-0.4, -0.2) is 28.0 Å². The molecule has 2 unspecified atom stereocenters. The molecule has 2 aliphatic rings. The van der Waals surface area contributed by atoms with Crippen LogP contribution in [0.2, 0.25) is 0 Å². The molecule has 0 radical (unpaired) electrons. The van der Waals surface area contributed by atoms with Crippen molar-refractivity contribution >= 4 is 10.9 Å². The third-order valence-corrected chi connectivity index (χ3v) is 6.30. The van der Waals surface area contributed by atoms with Gasteiger partial charge in [-0.15, -0.1) is 0 Å². The van der Waals surface area contributed by atoms with Gasteiger partial charge >= 0.3 is 0 Å². The van der Waals surface area contributed by atoms with Gasteiger partial charge in [-0.2, -0.15) is 0 Å². The maximum atomic E-state index is 4.23. The first-order chi connectivity index (χ1) is 12.0.